The van der Waals surface area contributed by atoms with Crippen molar-refractivity contribution in [3.05, 3.63) is 39.6 Å². The van der Waals surface area contributed by atoms with Gasteiger partial charge in [-0.1, -0.05) is 47.8 Å². The summed E-state index contributed by atoms with van der Waals surface area (Å²) in [7, 11) is 0. The van der Waals surface area contributed by atoms with Crippen LogP contribution in [0.3, 0.4) is 0 Å². The Kier molecular flexibility index (Phi) is 4.36. The van der Waals surface area contributed by atoms with Gasteiger partial charge in [-0.25, -0.2) is 0 Å². The number of hydrogen-bond acceptors (Lipinski definition) is 3. The van der Waals surface area contributed by atoms with Crippen LogP contribution in [0.5, 0.6) is 0 Å². The van der Waals surface area contributed by atoms with Crippen LogP contribution in [0.15, 0.2) is 33.4 Å². The van der Waals surface area contributed by atoms with Crippen molar-refractivity contribution >= 4 is 15.9 Å². The van der Waals surface area contributed by atoms with E-state index in [0.717, 1.165) is 29.3 Å². The largest absolute Gasteiger partial charge is 0.359 e. The molecule has 0 aliphatic rings. The number of nitrogens with zero attached hydrogens (tertiary/aromatic N) is 2. The zero-order valence-electron chi connectivity index (χ0n) is 10.2. The number of unbranched alkanes of at least 4 members (excludes halogenated alkanes) is 2. The lowest BCUT2D eigenvalue weighted by Gasteiger charge is -1.99. The zero-order valence-corrected chi connectivity index (χ0v) is 11.8. The molecule has 0 N–H and O–H groups in total. The molecule has 18 heavy (non-hydrogen) atoms. The molecule has 0 saturated heterocycles. The number of hydrogen-bond donors (Lipinski definition) is 0. The Morgan fingerprint density at radius 1 is 1.39 bits per heavy atom. The molecule has 0 aliphatic heterocycles. The molecule has 96 valence electrons. The highest BCUT2D eigenvalue weighted by molar-refractivity contribution is 9.10. The van der Waals surface area contributed by atoms with Crippen LogP contribution in [0, 0.1) is 5.21 Å². The Morgan fingerprint density at radius 2 is 2.22 bits per heavy atom. The van der Waals surface area contributed by atoms with Gasteiger partial charge < -0.3 is 5.21 Å². The van der Waals surface area contributed by atoms with Crippen molar-refractivity contribution in [1.82, 2.24) is 5.16 Å². The lowest BCUT2D eigenvalue weighted by molar-refractivity contribution is -0.807. The molecule has 0 saturated carbocycles. The van der Waals surface area contributed by atoms with E-state index in [0.29, 0.717) is 22.7 Å². The van der Waals surface area contributed by atoms with Gasteiger partial charge in [-0.3, -0.25) is 4.63 Å². The van der Waals surface area contributed by atoms with Gasteiger partial charge in [0, 0.05) is 21.6 Å². The molecular formula is C13H15BrN2O2. The van der Waals surface area contributed by atoms with Gasteiger partial charge in [-0.05, 0) is 23.5 Å². The van der Waals surface area contributed by atoms with E-state index in [1.54, 1.807) is 0 Å². The average molecular weight is 311 g/mol. The predicted molar refractivity (Wildman–Crippen MR) is 71.8 cm³/mol. The molecule has 0 unspecified atom stereocenters. The molecule has 0 amide bonds. The van der Waals surface area contributed by atoms with Gasteiger partial charge in [0.1, 0.15) is 0 Å². The Bertz CT molecular complexity index is 525. The number of benzene rings is 1. The smallest absolute Gasteiger partial charge is 0.251 e. The fourth-order valence-corrected chi connectivity index (χ4v) is 2.27. The van der Waals surface area contributed by atoms with Crippen LogP contribution in [0.2, 0.25) is 0 Å². The number of aromatic nitrogens is 2. The van der Waals surface area contributed by atoms with Gasteiger partial charge in [0.2, 0.25) is 5.69 Å². The maximum absolute atomic E-state index is 11.6. The molecule has 0 radical (unpaired) electrons. The Labute approximate surface area is 114 Å². The fraction of sp³-hybridized carbons (Fsp3) is 0.385. The van der Waals surface area contributed by atoms with Crippen molar-refractivity contribution in [3.8, 4) is 11.3 Å². The first-order valence-electron chi connectivity index (χ1n) is 6.07. The Balaban J connectivity index is 2.28. The molecule has 0 atom stereocenters. The van der Waals surface area contributed by atoms with E-state index >= 15 is 0 Å². The summed E-state index contributed by atoms with van der Waals surface area (Å²) >= 11 is 3.41. The standard InChI is InChI=1S/C13H15BrN2O2/c1-2-3-4-8-12-13(15-18-16(12)17)10-6-5-7-11(14)9-10/h5-7,9H,2-4,8H2,1H3. The van der Waals surface area contributed by atoms with E-state index in [4.69, 9.17) is 4.63 Å². The van der Waals surface area contributed by atoms with Crippen LogP contribution < -0.4 is 4.90 Å². The summed E-state index contributed by atoms with van der Waals surface area (Å²) in [5.41, 5.74) is 2.15. The molecule has 2 rings (SSSR count). The maximum atomic E-state index is 11.6. The Morgan fingerprint density at radius 3 is 2.94 bits per heavy atom. The molecule has 0 fully saturated rings. The maximum Gasteiger partial charge on any atom is 0.251 e. The Hall–Kier alpha value is -1.36. The minimum atomic E-state index is 0.520. The monoisotopic (exact) mass is 310 g/mol. The first kappa shape index (κ1) is 13.1. The summed E-state index contributed by atoms with van der Waals surface area (Å²) in [5.74, 6) is 0. The number of halogens is 1. The third-order valence-electron chi connectivity index (χ3n) is 2.82. The first-order chi connectivity index (χ1) is 8.72. The highest BCUT2D eigenvalue weighted by atomic mass is 79.9. The van der Waals surface area contributed by atoms with E-state index in [-0.39, 0.29) is 0 Å². The normalized spacial score (nSPS) is 10.8. The molecule has 5 heteroatoms. The summed E-state index contributed by atoms with van der Waals surface area (Å²) in [6, 6.07) is 7.71. The lowest BCUT2D eigenvalue weighted by atomic mass is 10.1. The second-order valence-electron chi connectivity index (χ2n) is 4.19. The van der Waals surface area contributed by atoms with Crippen LogP contribution in [0.1, 0.15) is 31.9 Å². The SMILES string of the molecule is CCCCCc1c(-c2cccc(Br)c2)no[n+]1[O-]. The molecular weight excluding hydrogens is 296 g/mol. The van der Waals surface area contributed by atoms with Gasteiger partial charge >= 0.3 is 0 Å². The van der Waals surface area contributed by atoms with Crippen molar-refractivity contribution < 1.29 is 9.53 Å². The minimum absolute atomic E-state index is 0.520. The fourth-order valence-electron chi connectivity index (χ4n) is 1.87. The van der Waals surface area contributed by atoms with Crippen LogP contribution in [-0.2, 0) is 6.42 Å². The third kappa shape index (κ3) is 2.90. The lowest BCUT2D eigenvalue weighted by Crippen LogP contribution is -2.28. The highest BCUT2D eigenvalue weighted by Crippen LogP contribution is 2.24. The summed E-state index contributed by atoms with van der Waals surface area (Å²) < 4.78 is 5.67. The first-order valence-corrected chi connectivity index (χ1v) is 6.86. The van der Waals surface area contributed by atoms with Gasteiger partial charge in [0.15, 0.2) is 0 Å². The van der Waals surface area contributed by atoms with Crippen molar-refractivity contribution in [3.63, 3.8) is 0 Å². The quantitative estimate of drug-likeness (QED) is 0.627. The topological polar surface area (TPSA) is 53.0 Å². The third-order valence-corrected chi connectivity index (χ3v) is 3.31. The summed E-state index contributed by atoms with van der Waals surface area (Å²) in [6.07, 6.45) is 3.89. The van der Waals surface area contributed by atoms with E-state index in [1.165, 1.54) is 0 Å². The van der Waals surface area contributed by atoms with E-state index < -0.39 is 0 Å². The van der Waals surface area contributed by atoms with Crippen molar-refractivity contribution in [1.29, 1.82) is 0 Å². The van der Waals surface area contributed by atoms with Crippen molar-refractivity contribution in [2.75, 3.05) is 0 Å². The van der Waals surface area contributed by atoms with E-state index in [1.807, 2.05) is 24.3 Å². The van der Waals surface area contributed by atoms with E-state index in [9.17, 15) is 5.21 Å². The summed E-state index contributed by atoms with van der Waals surface area (Å²) in [6.45, 7) is 2.13. The highest BCUT2D eigenvalue weighted by Gasteiger charge is 2.20. The van der Waals surface area contributed by atoms with Gasteiger partial charge in [0.25, 0.3) is 5.69 Å². The zero-order chi connectivity index (χ0) is 13.0. The van der Waals surface area contributed by atoms with E-state index in [2.05, 4.69) is 28.0 Å². The van der Waals surface area contributed by atoms with Crippen LogP contribution >= 0.6 is 15.9 Å². The van der Waals surface area contributed by atoms with Crippen molar-refractivity contribution in [2.24, 2.45) is 0 Å². The minimum Gasteiger partial charge on any atom is -0.359 e. The second-order valence-corrected chi connectivity index (χ2v) is 5.11. The molecule has 1 heterocycles. The molecule has 1 aromatic heterocycles. The van der Waals surface area contributed by atoms with Gasteiger partial charge in [0.05, 0.1) is 0 Å². The van der Waals surface area contributed by atoms with Crippen molar-refractivity contribution in [2.45, 2.75) is 32.6 Å². The average Bonchev–Trinajstić information content (AvgIpc) is 2.72. The summed E-state index contributed by atoms with van der Waals surface area (Å²) in [5, 5.41) is 15.4. The number of rotatable bonds is 5. The predicted octanol–water partition coefficient (Wildman–Crippen LogP) is 3.47. The molecule has 2 aromatic rings. The van der Waals surface area contributed by atoms with Crippen LogP contribution in [-0.4, -0.2) is 5.16 Å². The van der Waals surface area contributed by atoms with Gasteiger partial charge in [-0.2, -0.15) is 0 Å². The molecule has 0 bridgehead atoms. The molecule has 4 nitrogen and oxygen atoms in total. The molecule has 1 aromatic carbocycles. The molecule has 0 aliphatic carbocycles. The second kappa shape index (κ2) is 6.00. The summed E-state index contributed by atoms with van der Waals surface area (Å²) in [4.78, 5) is 0.520. The van der Waals surface area contributed by atoms with Crippen LogP contribution in [0.4, 0.5) is 0 Å². The van der Waals surface area contributed by atoms with Gasteiger partial charge in [-0.15, -0.1) is 0 Å². The van der Waals surface area contributed by atoms with Crippen LogP contribution in [0.25, 0.3) is 11.3 Å². The molecule has 0 spiro atoms.